The van der Waals surface area contributed by atoms with Gasteiger partial charge in [0.1, 0.15) is 0 Å². The Kier molecular flexibility index (Phi) is 43.0. The van der Waals surface area contributed by atoms with Gasteiger partial charge < -0.3 is 47.4 Å². The van der Waals surface area contributed by atoms with Crippen molar-refractivity contribution in [2.45, 2.75) is 267 Å². The summed E-state index contributed by atoms with van der Waals surface area (Å²) in [5.74, 6) is -1.15. The van der Waals surface area contributed by atoms with E-state index in [-0.39, 0.29) is 78.7 Å². The molecule has 2 heterocycles. The van der Waals surface area contributed by atoms with Crippen molar-refractivity contribution in [3.63, 3.8) is 0 Å². The van der Waals surface area contributed by atoms with Crippen molar-refractivity contribution in [2.24, 2.45) is 0 Å². The van der Waals surface area contributed by atoms with E-state index in [0.717, 1.165) is 69.8 Å². The molecule has 14 nitrogen and oxygen atoms in total. The first-order valence-electron chi connectivity index (χ1n) is 32.4. The smallest absolute Gasteiger partial charge is 0.359 e. The first kappa shape index (κ1) is 72.0. The number of H-pyrrole nitrogens is 1. The van der Waals surface area contributed by atoms with E-state index in [1.807, 2.05) is 30.3 Å². The molecule has 3 rings (SSSR count). The number of hydrogen-bond acceptors (Lipinski definition) is 12. The van der Waals surface area contributed by atoms with E-state index in [1.54, 1.807) is 32.3 Å². The third-order valence-corrected chi connectivity index (χ3v) is 14.1. The first-order chi connectivity index (χ1) is 39.7. The number of hydrogen-bond donors (Lipinski definition) is 1. The molecule has 462 valence electrons. The zero-order valence-corrected chi connectivity index (χ0v) is 52.2. The van der Waals surface area contributed by atoms with Gasteiger partial charge in [-0.1, -0.05) is 238 Å². The molecule has 0 aliphatic carbocycles. The van der Waals surface area contributed by atoms with E-state index >= 15 is 0 Å². The van der Waals surface area contributed by atoms with Gasteiger partial charge >= 0.3 is 23.9 Å². The van der Waals surface area contributed by atoms with Crippen LogP contribution in [0.3, 0.4) is 0 Å². The molecule has 81 heavy (non-hydrogen) atoms. The van der Waals surface area contributed by atoms with Crippen molar-refractivity contribution in [3.8, 4) is 23.0 Å². The number of aromatic amines is 1. The molecule has 0 aliphatic rings. The lowest BCUT2D eigenvalue weighted by atomic mass is 10.1. The largest absolute Gasteiger partial charge is 0.487 e. The summed E-state index contributed by atoms with van der Waals surface area (Å²) >= 11 is 0. The van der Waals surface area contributed by atoms with Crippen LogP contribution in [0.5, 0.6) is 23.0 Å². The number of carbonyl (C=O) groups is 4. The quantitative estimate of drug-likeness (QED) is 0.0324. The Morgan fingerprint density at radius 3 is 0.877 bits per heavy atom. The average molecular weight is 1140 g/mol. The number of carbonyl (C=O) groups excluding carboxylic acids is 4. The summed E-state index contributed by atoms with van der Waals surface area (Å²) in [7, 11) is 0. The van der Waals surface area contributed by atoms with Gasteiger partial charge in [-0.15, -0.1) is 0 Å². The van der Waals surface area contributed by atoms with Crippen LogP contribution < -0.4 is 18.9 Å². The van der Waals surface area contributed by atoms with Crippen LogP contribution in [0.25, 0.3) is 0 Å². The molecule has 0 spiro atoms. The molecule has 14 heteroatoms. The standard InChI is InChI=1S/C37H59NO6.C30H53NO6/c1-5-9-11-13-15-17-19-24-28-43-34-32(36(39)41-7-3)38(30-31-26-22-21-23-27-31)33(37(40)42-8-4)35(34)44-29-25-20-18-16-14-12-10-6-2;1-5-9-11-13-15-17-19-21-23-36-27-25(29(32)34-7-3)31-26(30(33)35-8-4)28(27)37-24-22-20-18-16-14-12-10-6-2/h21-23,26-27H,5-20,24-25,28-30H2,1-4H3;31H,5-24H2,1-4H3. The topological polar surface area (TPSA) is 163 Å². The van der Waals surface area contributed by atoms with Crippen LogP contribution in [0.15, 0.2) is 30.3 Å². The Bertz CT molecular complexity index is 1940. The highest BCUT2D eigenvalue weighted by molar-refractivity contribution is 6.00. The van der Waals surface area contributed by atoms with E-state index in [4.69, 9.17) is 37.9 Å². The molecule has 0 saturated carbocycles. The fourth-order valence-corrected chi connectivity index (χ4v) is 9.64. The molecule has 3 aromatic rings. The van der Waals surface area contributed by atoms with E-state index in [0.29, 0.717) is 26.4 Å². The fourth-order valence-electron chi connectivity index (χ4n) is 9.64. The molecule has 1 aromatic carbocycles. The Morgan fingerprint density at radius 1 is 0.333 bits per heavy atom. The van der Waals surface area contributed by atoms with Gasteiger partial charge in [0.25, 0.3) is 0 Å². The van der Waals surface area contributed by atoms with Crippen LogP contribution in [0.2, 0.25) is 0 Å². The van der Waals surface area contributed by atoms with Crippen molar-refractivity contribution in [2.75, 3.05) is 52.9 Å². The highest BCUT2D eigenvalue weighted by Gasteiger charge is 2.35. The highest BCUT2D eigenvalue weighted by Crippen LogP contribution is 2.41. The van der Waals surface area contributed by atoms with Crippen LogP contribution in [0.1, 0.15) is 308 Å². The van der Waals surface area contributed by atoms with Crippen LogP contribution in [0.4, 0.5) is 0 Å². The second kappa shape index (κ2) is 48.4. The van der Waals surface area contributed by atoms with Gasteiger partial charge in [-0.3, -0.25) is 0 Å². The second-order valence-corrected chi connectivity index (χ2v) is 21.1. The Balaban J connectivity index is 0.000000562. The van der Waals surface area contributed by atoms with Crippen molar-refractivity contribution >= 4 is 23.9 Å². The van der Waals surface area contributed by atoms with Crippen molar-refractivity contribution in [1.82, 2.24) is 9.55 Å². The molecule has 1 N–H and O–H groups in total. The summed E-state index contributed by atoms with van der Waals surface area (Å²) in [6.45, 7) is 18.8. The maximum Gasteiger partial charge on any atom is 0.359 e. The molecular weight excluding hydrogens is 1020 g/mol. The minimum atomic E-state index is -0.569. The van der Waals surface area contributed by atoms with Crippen LogP contribution in [-0.4, -0.2) is 86.3 Å². The minimum Gasteiger partial charge on any atom is -0.487 e. The fraction of sp³-hybridized carbons (Fsp3) is 0.731. The zero-order chi connectivity index (χ0) is 59.0. The number of benzene rings is 1. The first-order valence-corrected chi connectivity index (χ1v) is 32.4. The lowest BCUT2D eigenvalue weighted by Crippen LogP contribution is -2.19. The van der Waals surface area contributed by atoms with Gasteiger partial charge in [-0.25, -0.2) is 19.2 Å². The molecule has 0 amide bonds. The lowest BCUT2D eigenvalue weighted by molar-refractivity contribution is 0.0486. The molecule has 0 aliphatic heterocycles. The summed E-state index contributed by atoms with van der Waals surface area (Å²) in [4.78, 5) is 55.1. The number of rotatable bonds is 50. The SMILES string of the molecule is CCCCCCCCCCOc1c(C(=O)OCC)[nH]c(C(=O)OCC)c1OCCCCCCCCCC.CCCCCCCCCCOc1c(OCCCCCCCCCC)c(C(=O)OCC)n(Cc2ccccc2)c1C(=O)OCC. The van der Waals surface area contributed by atoms with Crippen LogP contribution in [0, 0.1) is 0 Å². The Morgan fingerprint density at radius 2 is 0.593 bits per heavy atom. The molecule has 0 bridgehead atoms. The molecule has 0 radical (unpaired) electrons. The Labute approximate surface area is 490 Å². The molecule has 0 atom stereocenters. The number of nitrogens with zero attached hydrogens (tertiary/aromatic N) is 1. The van der Waals surface area contributed by atoms with Crippen LogP contribution in [-0.2, 0) is 25.5 Å². The summed E-state index contributed by atoms with van der Waals surface area (Å²) < 4.78 is 47.9. The van der Waals surface area contributed by atoms with E-state index < -0.39 is 23.9 Å². The van der Waals surface area contributed by atoms with Crippen LogP contribution >= 0.6 is 0 Å². The third-order valence-electron chi connectivity index (χ3n) is 14.1. The summed E-state index contributed by atoms with van der Waals surface area (Å²) in [5, 5.41) is 0. The van der Waals surface area contributed by atoms with E-state index in [9.17, 15) is 19.2 Å². The zero-order valence-electron chi connectivity index (χ0n) is 52.2. The maximum atomic E-state index is 13.5. The number of esters is 4. The molecule has 0 saturated heterocycles. The summed E-state index contributed by atoms with van der Waals surface area (Å²) in [6, 6.07) is 9.74. The molecular formula is C67H112N2O12. The average Bonchev–Trinajstić information content (AvgIpc) is 4.24. The van der Waals surface area contributed by atoms with Crippen molar-refractivity contribution < 1.29 is 57.1 Å². The number of aromatic nitrogens is 2. The van der Waals surface area contributed by atoms with Gasteiger partial charge in [-0.2, -0.15) is 0 Å². The predicted octanol–water partition coefficient (Wildman–Crippen LogP) is 18.3. The van der Waals surface area contributed by atoms with Gasteiger partial charge in [0.05, 0.1) is 52.9 Å². The summed E-state index contributed by atoms with van der Waals surface area (Å²) in [6.07, 6.45) is 37.7. The summed E-state index contributed by atoms with van der Waals surface area (Å²) in [5.41, 5.74) is 1.54. The maximum absolute atomic E-state index is 13.5. The number of nitrogens with one attached hydrogen (secondary N) is 1. The van der Waals surface area contributed by atoms with Gasteiger partial charge in [0, 0.05) is 6.54 Å². The van der Waals surface area contributed by atoms with Crippen molar-refractivity contribution in [3.05, 3.63) is 58.7 Å². The van der Waals surface area contributed by atoms with Crippen molar-refractivity contribution in [1.29, 1.82) is 0 Å². The lowest BCUT2D eigenvalue weighted by Gasteiger charge is -2.13. The minimum absolute atomic E-state index is 0.107. The predicted molar refractivity (Wildman–Crippen MR) is 327 cm³/mol. The second-order valence-electron chi connectivity index (χ2n) is 21.1. The Hall–Kier alpha value is -5.14. The number of ether oxygens (including phenoxy) is 8. The number of unbranched alkanes of at least 4 members (excludes halogenated alkanes) is 28. The third kappa shape index (κ3) is 30.1. The van der Waals surface area contributed by atoms with E-state index in [2.05, 4.69) is 32.7 Å². The normalized spacial score (nSPS) is 11.0. The van der Waals surface area contributed by atoms with Gasteiger partial charge in [-0.05, 0) is 58.9 Å². The monoisotopic (exact) mass is 1140 g/mol. The van der Waals surface area contributed by atoms with Gasteiger partial charge in [0.2, 0.25) is 0 Å². The molecule has 0 fully saturated rings. The molecule has 2 aromatic heterocycles. The molecule has 0 unspecified atom stereocenters. The van der Waals surface area contributed by atoms with E-state index in [1.165, 1.54) is 141 Å². The highest BCUT2D eigenvalue weighted by atomic mass is 16.6. The van der Waals surface area contributed by atoms with Gasteiger partial charge in [0.15, 0.2) is 45.8 Å².